The number of amides is 2. The summed E-state index contributed by atoms with van der Waals surface area (Å²) in [5.74, 6) is -0.674. The Morgan fingerprint density at radius 3 is 2.34 bits per heavy atom. The average Bonchev–Trinajstić information content (AvgIpc) is 3.15. The summed E-state index contributed by atoms with van der Waals surface area (Å²) in [7, 11) is 0. The summed E-state index contributed by atoms with van der Waals surface area (Å²) >= 11 is 0. The highest BCUT2D eigenvalue weighted by atomic mass is 16.2. The smallest absolute Gasteiger partial charge is 0.229 e. The molecule has 1 atom stereocenters. The lowest BCUT2D eigenvalue weighted by Gasteiger charge is -2.18. The first-order valence-electron chi connectivity index (χ1n) is 9.49. The van der Waals surface area contributed by atoms with E-state index in [0.29, 0.717) is 12.2 Å². The van der Waals surface area contributed by atoms with Crippen LogP contribution < -0.4 is 10.2 Å². The van der Waals surface area contributed by atoms with Gasteiger partial charge in [-0.05, 0) is 24.3 Å². The SMILES string of the molecule is O=C(Nc1cccc2cccnc12)C1CC(=O)N(c2cccc3cccnc23)C1. The molecule has 2 amide bonds. The molecular weight excluding hydrogens is 364 g/mol. The molecule has 0 radical (unpaired) electrons. The largest absolute Gasteiger partial charge is 0.324 e. The van der Waals surface area contributed by atoms with E-state index in [9.17, 15) is 9.59 Å². The zero-order chi connectivity index (χ0) is 19.8. The fourth-order valence-electron chi connectivity index (χ4n) is 3.86. The average molecular weight is 382 g/mol. The molecule has 2 aromatic heterocycles. The number of nitrogens with zero attached hydrogens (tertiary/aromatic N) is 3. The number of hydrogen-bond donors (Lipinski definition) is 1. The number of carbonyl (C=O) groups excluding carboxylic acids is 2. The lowest BCUT2D eigenvalue weighted by molar-refractivity contribution is -0.122. The second kappa shape index (κ2) is 6.98. The van der Waals surface area contributed by atoms with Crippen molar-refractivity contribution in [3.05, 3.63) is 73.1 Å². The fourth-order valence-corrected chi connectivity index (χ4v) is 3.86. The van der Waals surface area contributed by atoms with E-state index in [1.54, 1.807) is 17.3 Å². The predicted octanol–water partition coefficient (Wildman–Crippen LogP) is 3.77. The van der Waals surface area contributed by atoms with Gasteiger partial charge in [0.15, 0.2) is 0 Å². The van der Waals surface area contributed by atoms with Gasteiger partial charge in [0.25, 0.3) is 0 Å². The first-order chi connectivity index (χ1) is 14.2. The van der Waals surface area contributed by atoms with Crippen molar-refractivity contribution in [1.29, 1.82) is 0 Å². The van der Waals surface area contributed by atoms with E-state index in [1.165, 1.54) is 0 Å². The Kier molecular flexibility index (Phi) is 4.17. The minimum Gasteiger partial charge on any atom is -0.324 e. The number of nitrogens with one attached hydrogen (secondary N) is 1. The zero-order valence-corrected chi connectivity index (χ0v) is 15.6. The number of carbonyl (C=O) groups is 2. The molecule has 6 nitrogen and oxygen atoms in total. The molecule has 1 aliphatic rings. The molecule has 4 aromatic rings. The van der Waals surface area contributed by atoms with Crippen molar-refractivity contribution in [1.82, 2.24) is 9.97 Å². The minimum atomic E-state index is -0.430. The van der Waals surface area contributed by atoms with Crippen LogP contribution in [0, 0.1) is 5.92 Å². The Labute approximate surface area is 167 Å². The quantitative estimate of drug-likeness (QED) is 0.585. The number of fused-ring (bicyclic) bond motifs is 2. The molecule has 1 N–H and O–H groups in total. The number of aromatic nitrogens is 2. The van der Waals surface area contributed by atoms with Gasteiger partial charge in [-0.15, -0.1) is 0 Å². The second-order valence-corrected chi connectivity index (χ2v) is 7.13. The molecule has 5 rings (SSSR count). The standard InChI is InChI=1S/C23H18N4O2/c28-20-13-17(14-27(20)19-10-2-6-16-8-4-12-25-22(16)19)23(29)26-18-9-1-5-15-7-3-11-24-21(15)18/h1-12,17H,13-14H2,(H,26,29). The lowest BCUT2D eigenvalue weighted by Crippen LogP contribution is -2.28. The highest BCUT2D eigenvalue weighted by molar-refractivity contribution is 6.08. The van der Waals surface area contributed by atoms with Crippen LogP contribution in [0.1, 0.15) is 6.42 Å². The summed E-state index contributed by atoms with van der Waals surface area (Å²) in [5, 5.41) is 4.88. The molecule has 2 aromatic carbocycles. The number of hydrogen-bond acceptors (Lipinski definition) is 4. The summed E-state index contributed by atoms with van der Waals surface area (Å²) < 4.78 is 0. The van der Waals surface area contributed by atoms with Crippen LogP contribution in [0.4, 0.5) is 11.4 Å². The van der Waals surface area contributed by atoms with Crippen LogP contribution in [0.3, 0.4) is 0 Å². The van der Waals surface area contributed by atoms with Gasteiger partial charge in [-0.2, -0.15) is 0 Å². The molecule has 29 heavy (non-hydrogen) atoms. The highest BCUT2D eigenvalue weighted by Crippen LogP contribution is 2.31. The monoisotopic (exact) mass is 382 g/mol. The highest BCUT2D eigenvalue weighted by Gasteiger charge is 2.36. The van der Waals surface area contributed by atoms with Crippen LogP contribution >= 0.6 is 0 Å². The number of anilines is 2. The maximum absolute atomic E-state index is 12.9. The second-order valence-electron chi connectivity index (χ2n) is 7.13. The van der Waals surface area contributed by atoms with Gasteiger partial charge >= 0.3 is 0 Å². The van der Waals surface area contributed by atoms with Gasteiger partial charge in [0, 0.05) is 36.1 Å². The predicted molar refractivity (Wildman–Crippen MR) is 113 cm³/mol. The van der Waals surface area contributed by atoms with Crippen molar-refractivity contribution in [3.63, 3.8) is 0 Å². The third-order valence-electron chi connectivity index (χ3n) is 5.29. The molecule has 1 fully saturated rings. The molecule has 1 unspecified atom stereocenters. The fraction of sp³-hybridized carbons (Fsp3) is 0.130. The number of rotatable bonds is 3. The summed E-state index contributed by atoms with van der Waals surface area (Å²) in [6.45, 7) is 0.332. The van der Waals surface area contributed by atoms with Crippen LogP contribution in [0.25, 0.3) is 21.8 Å². The van der Waals surface area contributed by atoms with Gasteiger partial charge in [-0.1, -0.05) is 36.4 Å². The Balaban J connectivity index is 1.40. The van der Waals surface area contributed by atoms with E-state index in [2.05, 4.69) is 15.3 Å². The summed E-state index contributed by atoms with van der Waals surface area (Å²) in [4.78, 5) is 36.1. The molecule has 1 aliphatic heterocycles. The molecule has 142 valence electrons. The van der Waals surface area contributed by atoms with Crippen LogP contribution in [0.5, 0.6) is 0 Å². The topological polar surface area (TPSA) is 75.2 Å². The van der Waals surface area contributed by atoms with Crippen LogP contribution in [0.15, 0.2) is 73.1 Å². The Hall–Kier alpha value is -3.80. The van der Waals surface area contributed by atoms with Crippen molar-refractivity contribution in [2.45, 2.75) is 6.42 Å². The molecule has 0 saturated carbocycles. The molecule has 0 spiro atoms. The summed E-state index contributed by atoms with van der Waals surface area (Å²) in [6.07, 6.45) is 3.59. The maximum Gasteiger partial charge on any atom is 0.229 e. The summed E-state index contributed by atoms with van der Waals surface area (Å²) in [6, 6.07) is 19.0. The Morgan fingerprint density at radius 2 is 1.55 bits per heavy atom. The van der Waals surface area contributed by atoms with Crippen molar-refractivity contribution in [2.24, 2.45) is 5.92 Å². The molecule has 0 aliphatic carbocycles. The Bertz CT molecular complexity index is 1240. The van der Waals surface area contributed by atoms with Gasteiger partial charge in [0.2, 0.25) is 11.8 Å². The van der Waals surface area contributed by atoms with E-state index < -0.39 is 5.92 Å². The Morgan fingerprint density at radius 1 is 0.897 bits per heavy atom. The molecule has 0 bridgehead atoms. The van der Waals surface area contributed by atoms with Gasteiger partial charge in [-0.25, -0.2) is 0 Å². The zero-order valence-electron chi connectivity index (χ0n) is 15.6. The number of para-hydroxylation sites is 2. The van der Waals surface area contributed by atoms with Crippen LogP contribution in [-0.2, 0) is 9.59 Å². The third kappa shape index (κ3) is 3.08. The normalized spacial score (nSPS) is 16.5. The van der Waals surface area contributed by atoms with E-state index in [0.717, 1.165) is 27.5 Å². The van der Waals surface area contributed by atoms with Gasteiger partial charge in [0.1, 0.15) is 0 Å². The van der Waals surface area contributed by atoms with Crippen molar-refractivity contribution < 1.29 is 9.59 Å². The van der Waals surface area contributed by atoms with E-state index >= 15 is 0 Å². The molecule has 6 heteroatoms. The third-order valence-corrected chi connectivity index (χ3v) is 5.29. The van der Waals surface area contributed by atoms with Crippen molar-refractivity contribution in [3.8, 4) is 0 Å². The van der Waals surface area contributed by atoms with E-state index in [-0.39, 0.29) is 18.2 Å². The van der Waals surface area contributed by atoms with Gasteiger partial charge in [-0.3, -0.25) is 19.6 Å². The van der Waals surface area contributed by atoms with E-state index in [1.807, 2.05) is 60.7 Å². The van der Waals surface area contributed by atoms with E-state index in [4.69, 9.17) is 0 Å². The van der Waals surface area contributed by atoms with Crippen LogP contribution in [0.2, 0.25) is 0 Å². The van der Waals surface area contributed by atoms with Crippen LogP contribution in [-0.4, -0.2) is 28.3 Å². The first-order valence-corrected chi connectivity index (χ1v) is 9.49. The molecular formula is C23H18N4O2. The molecule has 1 saturated heterocycles. The van der Waals surface area contributed by atoms with Gasteiger partial charge in [0.05, 0.1) is 28.3 Å². The minimum absolute atomic E-state index is 0.0700. The lowest BCUT2D eigenvalue weighted by atomic mass is 10.1. The number of benzene rings is 2. The summed E-state index contributed by atoms with van der Waals surface area (Å²) in [5.41, 5.74) is 2.91. The molecule has 3 heterocycles. The van der Waals surface area contributed by atoms with Crippen molar-refractivity contribution in [2.75, 3.05) is 16.8 Å². The van der Waals surface area contributed by atoms with Gasteiger partial charge < -0.3 is 10.2 Å². The maximum atomic E-state index is 12.9. The van der Waals surface area contributed by atoms with Crippen molar-refractivity contribution >= 4 is 45.0 Å². The number of pyridine rings is 2. The first kappa shape index (κ1) is 17.3.